The molecule has 3 aromatic rings. The zero-order valence-electron chi connectivity index (χ0n) is 13.6. The van der Waals surface area contributed by atoms with Crippen LogP contribution in [0.3, 0.4) is 0 Å². The third-order valence-corrected chi connectivity index (χ3v) is 6.41. The van der Waals surface area contributed by atoms with E-state index in [1.165, 1.54) is 34.2 Å². The van der Waals surface area contributed by atoms with Crippen molar-refractivity contribution in [3.63, 3.8) is 0 Å². The van der Waals surface area contributed by atoms with E-state index >= 15 is 0 Å². The van der Waals surface area contributed by atoms with E-state index in [1.807, 2.05) is 19.2 Å². The summed E-state index contributed by atoms with van der Waals surface area (Å²) >= 11 is 1.77. The van der Waals surface area contributed by atoms with Gasteiger partial charge in [0, 0.05) is 34.6 Å². The Morgan fingerprint density at radius 1 is 1.17 bits per heavy atom. The number of nitrogens with one attached hydrogen (secondary N) is 2. The van der Waals surface area contributed by atoms with Crippen LogP contribution in [0.15, 0.2) is 30.5 Å². The minimum atomic E-state index is -0.170. The Kier molecular flexibility index (Phi) is 3.00. The van der Waals surface area contributed by atoms with E-state index in [1.54, 1.807) is 11.3 Å². The lowest BCUT2D eigenvalue weighted by Crippen LogP contribution is -2.38. The zero-order chi connectivity index (χ0) is 16.3. The van der Waals surface area contributed by atoms with Crippen LogP contribution in [0.25, 0.3) is 10.9 Å². The molecule has 24 heavy (non-hydrogen) atoms. The lowest BCUT2D eigenvalue weighted by atomic mass is 9.94. The maximum atomic E-state index is 12.8. The predicted molar refractivity (Wildman–Crippen MR) is 97.7 cm³/mol. The van der Waals surface area contributed by atoms with Crippen LogP contribution in [0.4, 0.5) is 5.00 Å². The highest BCUT2D eigenvalue weighted by molar-refractivity contribution is 7.16. The summed E-state index contributed by atoms with van der Waals surface area (Å²) in [6, 6.07) is 8.32. The molecule has 0 saturated heterocycles. The number of carbonyl (C=O) groups excluding carboxylic acids is 1. The van der Waals surface area contributed by atoms with E-state index in [2.05, 4.69) is 33.5 Å². The van der Waals surface area contributed by atoms with Crippen molar-refractivity contribution in [1.82, 2.24) is 9.88 Å². The molecule has 0 bridgehead atoms. The van der Waals surface area contributed by atoms with E-state index < -0.39 is 0 Å². The van der Waals surface area contributed by atoms with Gasteiger partial charge >= 0.3 is 0 Å². The minimum Gasteiger partial charge on any atom is -0.353 e. The molecule has 1 amide bonds. The molecule has 5 rings (SSSR count). The standard InChI is InChI=1S/C19H19N3OS/c1-22-10-13(11-6-2-4-8-14(11)22)17-20-18(23)16-12-7-3-5-9-15(12)24-19(16)21-17/h2,4,6,8,10,17,21H,3,5,7,9H2,1H3,(H,20,23)/t17-/m1/s1. The first-order valence-electron chi connectivity index (χ1n) is 8.48. The molecule has 0 spiro atoms. The fraction of sp³-hybridized carbons (Fsp3) is 0.316. The highest BCUT2D eigenvalue weighted by atomic mass is 32.1. The number of thiophene rings is 1. The normalized spacial score (nSPS) is 19.5. The van der Waals surface area contributed by atoms with Gasteiger partial charge in [0.25, 0.3) is 5.91 Å². The maximum absolute atomic E-state index is 12.8. The Labute approximate surface area is 144 Å². The van der Waals surface area contributed by atoms with Gasteiger partial charge in [0.15, 0.2) is 0 Å². The van der Waals surface area contributed by atoms with Crippen molar-refractivity contribution >= 4 is 33.1 Å². The number of aromatic nitrogens is 1. The van der Waals surface area contributed by atoms with Gasteiger partial charge < -0.3 is 15.2 Å². The minimum absolute atomic E-state index is 0.0704. The largest absolute Gasteiger partial charge is 0.353 e. The molecule has 4 nitrogen and oxygen atoms in total. The van der Waals surface area contributed by atoms with Crippen LogP contribution in [0.5, 0.6) is 0 Å². The first-order chi connectivity index (χ1) is 11.7. The summed E-state index contributed by atoms with van der Waals surface area (Å²) in [5, 5.41) is 8.98. The van der Waals surface area contributed by atoms with Gasteiger partial charge in [0.1, 0.15) is 11.2 Å². The van der Waals surface area contributed by atoms with Gasteiger partial charge in [-0.1, -0.05) is 18.2 Å². The van der Waals surface area contributed by atoms with Crippen LogP contribution in [0.2, 0.25) is 0 Å². The Hall–Kier alpha value is -2.27. The van der Waals surface area contributed by atoms with Gasteiger partial charge in [-0.2, -0.15) is 0 Å². The van der Waals surface area contributed by atoms with E-state index in [9.17, 15) is 4.79 Å². The first kappa shape index (κ1) is 14.1. The number of amides is 1. The number of fused-ring (bicyclic) bond motifs is 4. The molecule has 0 unspecified atom stereocenters. The molecule has 0 fully saturated rings. The smallest absolute Gasteiger partial charge is 0.256 e. The molecular formula is C19H19N3OS. The number of nitrogens with zero attached hydrogens (tertiary/aromatic N) is 1. The molecule has 0 radical (unpaired) electrons. The lowest BCUT2D eigenvalue weighted by Gasteiger charge is -2.26. The van der Waals surface area contributed by atoms with Crippen LogP contribution >= 0.6 is 11.3 Å². The first-order valence-corrected chi connectivity index (χ1v) is 9.30. The lowest BCUT2D eigenvalue weighted by molar-refractivity contribution is 0.0935. The highest BCUT2D eigenvalue weighted by Gasteiger charge is 2.32. The fourth-order valence-corrected chi connectivity index (χ4v) is 5.35. The Balaban J connectivity index is 1.60. The van der Waals surface area contributed by atoms with Crippen molar-refractivity contribution in [2.24, 2.45) is 7.05 Å². The molecule has 1 aliphatic heterocycles. The van der Waals surface area contributed by atoms with Crippen molar-refractivity contribution in [2.75, 3.05) is 5.32 Å². The highest BCUT2D eigenvalue weighted by Crippen LogP contribution is 2.42. The molecule has 1 aromatic carbocycles. The molecule has 3 heterocycles. The second-order valence-corrected chi connectivity index (χ2v) is 7.78. The van der Waals surface area contributed by atoms with Crippen LogP contribution in [-0.2, 0) is 19.9 Å². The van der Waals surface area contributed by atoms with Crippen molar-refractivity contribution in [1.29, 1.82) is 0 Å². The monoisotopic (exact) mass is 337 g/mol. The van der Waals surface area contributed by atoms with Crippen molar-refractivity contribution < 1.29 is 4.79 Å². The summed E-state index contributed by atoms with van der Waals surface area (Å²) < 4.78 is 2.12. The molecule has 122 valence electrons. The van der Waals surface area contributed by atoms with Crippen molar-refractivity contribution in [2.45, 2.75) is 31.8 Å². The predicted octanol–water partition coefficient (Wildman–Crippen LogP) is 3.97. The quantitative estimate of drug-likeness (QED) is 0.706. The maximum Gasteiger partial charge on any atom is 0.256 e. The second kappa shape index (κ2) is 5.11. The molecular weight excluding hydrogens is 318 g/mol. The molecule has 5 heteroatoms. The number of rotatable bonds is 1. The SMILES string of the molecule is Cn1cc([C@@H]2NC(=O)c3c(sc4c3CCCC4)N2)c2ccccc21. The van der Waals surface area contributed by atoms with E-state index in [-0.39, 0.29) is 12.1 Å². The fourth-order valence-electron chi connectivity index (χ4n) is 4.04. The molecule has 2 N–H and O–H groups in total. The molecule has 1 atom stereocenters. The summed E-state index contributed by atoms with van der Waals surface area (Å²) in [6.45, 7) is 0. The average Bonchev–Trinajstić information content (AvgIpc) is 3.13. The number of carbonyl (C=O) groups is 1. The molecule has 2 aliphatic rings. The van der Waals surface area contributed by atoms with Crippen molar-refractivity contribution in [3.05, 3.63) is 52.0 Å². The van der Waals surface area contributed by atoms with Gasteiger partial charge in [-0.15, -0.1) is 11.3 Å². The topological polar surface area (TPSA) is 46.1 Å². The van der Waals surface area contributed by atoms with E-state index in [4.69, 9.17) is 0 Å². The molecule has 2 aromatic heterocycles. The average molecular weight is 337 g/mol. The van der Waals surface area contributed by atoms with Crippen LogP contribution in [0, 0.1) is 0 Å². The molecule has 1 aliphatic carbocycles. The third-order valence-electron chi connectivity index (χ3n) is 5.19. The summed E-state index contributed by atoms with van der Waals surface area (Å²) in [5.74, 6) is 0.0704. The summed E-state index contributed by atoms with van der Waals surface area (Å²) in [6.07, 6.45) is 6.52. The number of aryl methyl sites for hydroxylation is 2. The van der Waals surface area contributed by atoms with Crippen LogP contribution in [-0.4, -0.2) is 10.5 Å². The third kappa shape index (κ3) is 1.94. The Bertz CT molecular complexity index is 969. The van der Waals surface area contributed by atoms with Gasteiger partial charge in [-0.3, -0.25) is 4.79 Å². The number of para-hydroxylation sites is 1. The summed E-state index contributed by atoms with van der Waals surface area (Å²) in [7, 11) is 2.05. The van der Waals surface area contributed by atoms with Gasteiger partial charge in [0.2, 0.25) is 0 Å². The van der Waals surface area contributed by atoms with Crippen molar-refractivity contribution in [3.8, 4) is 0 Å². The Morgan fingerprint density at radius 2 is 2.00 bits per heavy atom. The number of anilines is 1. The van der Waals surface area contributed by atoms with Crippen LogP contribution < -0.4 is 10.6 Å². The van der Waals surface area contributed by atoms with E-state index in [0.29, 0.717) is 0 Å². The molecule has 0 saturated carbocycles. The zero-order valence-corrected chi connectivity index (χ0v) is 14.4. The van der Waals surface area contributed by atoms with Gasteiger partial charge in [0.05, 0.1) is 5.56 Å². The number of hydrogen-bond donors (Lipinski definition) is 2. The second-order valence-electron chi connectivity index (χ2n) is 6.68. The summed E-state index contributed by atoms with van der Waals surface area (Å²) in [4.78, 5) is 14.2. The Morgan fingerprint density at radius 3 is 2.92 bits per heavy atom. The van der Waals surface area contributed by atoms with Gasteiger partial charge in [-0.05, 0) is 37.3 Å². The summed E-state index contributed by atoms with van der Waals surface area (Å²) in [5.41, 5.74) is 4.48. The van der Waals surface area contributed by atoms with Crippen LogP contribution in [0.1, 0.15) is 45.4 Å². The number of hydrogen-bond acceptors (Lipinski definition) is 3. The van der Waals surface area contributed by atoms with Gasteiger partial charge in [-0.25, -0.2) is 0 Å². The number of benzene rings is 1. The van der Waals surface area contributed by atoms with E-state index in [0.717, 1.165) is 29.0 Å².